The molecule has 158 valence electrons. The lowest BCUT2D eigenvalue weighted by Gasteiger charge is -2.41. The maximum absolute atomic E-state index is 5.47. The zero-order valence-corrected chi connectivity index (χ0v) is 17.9. The summed E-state index contributed by atoms with van der Waals surface area (Å²) in [5, 5.41) is 6.89. The minimum absolute atomic E-state index is 0.0489. The van der Waals surface area contributed by atoms with Crippen molar-refractivity contribution in [2.75, 3.05) is 46.4 Å². The SMILES string of the molecule is CN=C(NCCc1nccn1Cc1ccccc1)NCC(C)(C)N1CCOCC1. The lowest BCUT2D eigenvalue weighted by atomic mass is 10.0. The van der Waals surface area contributed by atoms with Gasteiger partial charge < -0.3 is 19.9 Å². The predicted molar refractivity (Wildman–Crippen MR) is 117 cm³/mol. The first kappa shape index (κ1) is 21.3. The van der Waals surface area contributed by atoms with Crippen LogP contribution in [0.5, 0.6) is 0 Å². The zero-order valence-electron chi connectivity index (χ0n) is 17.9. The van der Waals surface area contributed by atoms with Gasteiger partial charge in [0.1, 0.15) is 5.82 Å². The van der Waals surface area contributed by atoms with Crippen molar-refractivity contribution in [2.24, 2.45) is 4.99 Å². The number of hydrogen-bond acceptors (Lipinski definition) is 4. The predicted octanol–water partition coefficient (Wildman–Crippen LogP) is 1.75. The maximum Gasteiger partial charge on any atom is 0.191 e. The van der Waals surface area contributed by atoms with E-state index < -0.39 is 0 Å². The number of morpholine rings is 1. The number of guanidine groups is 1. The minimum Gasteiger partial charge on any atom is -0.379 e. The van der Waals surface area contributed by atoms with E-state index in [1.54, 1.807) is 0 Å². The molecule has 7 heteroatoms. The van der Waals surface area contributed by atoms with E-state index in [4.69, 9.17) is 4.74 Å². The van der Waals surface area contributed by atoms with Gasteiger partial charge in [-0.25, -0.2) is 4.98 Å². The summed E-state index contributed by atoms with van der Waals surface area (Å²) in [6.07, 6.45) is 4.75. The summed E-state index contributed by atoms with van der Waals surface area (Å²) in [6, 6.07) is 10.5. The standard InChI is InChI=1S/C22H34N6O/c1-22(2,28-13-15-29-16-14-28)18-26-21(23-3)25-10-9-20-24-11-12-27(20)17-19-7-5-4-6-8-19/h4-8,11-12H,9-10,13-18H2,1-3H3,(H2,23,25,26). The topological polar surface area (TPSA) is 66.7 Å². The van der Waals surface area contributed by atoms with Crippen LogP contribution in [0.4, 0.5) is 0 Å². The Morgan fingerprint density at radius 2 is 1.93 bits per heavy atom. The van der Waals surface area contributed by atoms with Crippen LogP contribution >= 0.6 is 0 Å². The molecule has 0 aliphatic carbocycles. The molecule has 1 aliphatic rings. The van der Waals surface area contributed by atoms with Gasteiger partial charge in [0.25, 0.3) is 0 Å². The number of nitrogens with one attached hydrogen (secondary N) is 2. The highest BCUT2D eigenvalue weighted by Crippen LogP contribution is 2.15. The largest absolute Gasteiger partial charge is 0.379 e. The molecular weight excluding hydrogens is 364 g/mol. The summed E-state index contributed by atoms with van der Waals surface area (Å²) in [7, 11) is 1.81. The average molecular weight is 399 g/mol. The minimum atomic E-state index is 0.0489. The van der Waals surface area contributed by atoms with Crippen LogP contribution in [-0.4, -0.2) is 72.4 Å². The molecule has 2 N–H and O–H groups in total. The summed E-state index contributed by atoms with van der Waals surface area (Å²) in [4.78, 5) is 11.4. The number of nitrogens with zero attached hydrogens (tertiary/aromatic N) is 4. The fraction of sp³-hybridized carbons (Fsp3) is 0.545. The first-order valence-corrected chi connectivity index (χ1v) is 10.4. The lowest BCUT2D eigenvalue weighted by molar-refractivity contribution is -0.00833. The second-order valence-electron chi connectivity index (χ2n) is 7.97. The number of rotatable bonds is 8. The van der Waals surface area contributed by atoms with Gasteiger partial charge in [-0.2, -0.15) is 0 Å². The Morgan fingerprint density at radius 1 is 1.17 bits per heavy atom. The van der Waals surface area contributed by atoms with E-state index in [9.17, 15) is 0 Å². The van der Waals surface area contributed by atoms with Crippen molar-refractivity contribution in [2.45, 2.75) is 32.4 Å². The molecular formula is C22H34N6O. The fourth-order valence-corrected chi connectivity index (χ4v) is 3.59. The Hall–Kier alpha value is -2.38. The lowest BCUT2D eigenvalue weighted by Crippen LogP contribution is -2.56. The van der Waals surface area contributed by atoms with Crippen LogP contribution in [0.1, 0.15) is 25.2 Å². The van der Waals surface area contributed by atoms with Crippen molar-refractivity contribution in [3.63, 3.8) is 0 Å². The molecule has 0 atom stereocenters. The molecule has 7 nitrogen and oxygen atoms in total. The number of aromatic nitrogens is 2. The third kappa shape index (κ3) is 6.30. The Morgan fingerprint density at radius 3 is 2.66 bits per heavy atom. The van der Waals surface area contributed by atoms with Gasteiger partial charge in [-0.05, 0) is 19.4 Å². The van der Waals surface area contributed by atoms with Gasteiger partial charge in [0.15, 0.2) is 5.96 Å². The fourth-order valence-electron chi connectivity index (χ4n) is 3.59. The summed E-state index contributed by atoms with van der Waals surface area (Å²) >= 11 is 0. The molecule has 0 spiro atoms. The molecule has 1 fully saturated rings. The van der Waals surface area contributed by atoms with Crippen LogP contribution in [0.3, 0.4) is 0 Å². The Balaban J connectivity index is 1.45. The highest BCUT2D eigenvalue weighted by molar-refractivity contribution is 5.79. The van der Waals surface area contributed by atoms with Crippen LogP contribution in [0.2, 0.25) is 0 Å². The molecule has 0 unspecified atom stereocenters. The highest BCUT2D eigenvalue weighted by Gasteiger charge is 2.28. The van der Waals surface area contributed by atoms with Crippen LogP contribution in [0.15, 0.2) is 47.7 Å². The van der Waals surface area contributed by atoms with Gasteiger partial charge in [-0.1, -0.05) is 30.3 Å². The van der Waals surface area contributed by atoms with E-state index in [0.29, 0.717) is 0 Å². The van der Waals surface area contributed by atoms with Crippen molar-refractivity contribution < 1.29 is 4.74 Å². The third-order valence-electron chi connectivity index (χ3n) is 5.42. The molecule has 0 bridgehead atoms. The smallest absolute Gasteiger partial charge is 0.191 e. The number of imidazole rings is 1. The van der Waals surface area contributed by atoms with Gasteiger partial charge in [-0.3, -0.25) is 9.89 Å². The molecule has 29 heavy (non-hydrogen) atoms. The second-order valence-corrected chi connectivity index (χ2v) is 7.97. The summed E-state index contributed by atoms with van der Waals surface area (Å²) in [6.45, 7) is 10.6. The first-order valence-electron chi connectivity index (χ1n) is 10.4. The molecule has 0 saturated carbocycles. The number of ether oxygens (including phenoxy) is 1. The molecule has 0 radical (unpaired) electrons. The van der Waals surface area contributed by atoms with Gasteiger partial charge in [-0.15, -0.1) is 0 Å². The van der Waals surface area contributed by atoms with E-state index in [1.165, 1.54) is 5.56 Å². The normalized spacial score (nSPS) is 16.0. The Kier molecular flexibility index (Phi) is 7.66. The van der Waals surface area contributed by atoms with Crippen molar-refractivity contribution >= 4 is 5.96 Å². The monoisotopic (exact) mass is 398 g/mol. The quantitative estimate of drug-likeness (QED) is 0.524. The highest BCUT2D eigenvalue weighted by atomic mass is 16.5. The summed E-state index contributed by atoms with van der Waals surface area (Å²) < 4.78 is 7.67. The van der Waals surface area contributed by atoms with Crippen LogP contribution in [0.25, 0.3) is 0 Å². The van der Waals surface area contributed by atoms with E-state index in [2.05, 4.69) is 68.2 Å². The molecule has 1 aromatic heterocycles. The summed E-state index contributed by atoms with van der Waals surface area (Å²) in [5.41, 5.74) is 1.33. The van der Waals surface area contributed by atoms with Crippen molar-refractivity contribution in [3.8, 4) is 0 Å². The van der Waals surface area contributed by atoms with Crippen molar-refractivity contribution in [1.29, 1.82) is 0 Å². The molecule has 0 amide bonds. The average Bonchev–Trinajstić information content (AvgIpc) is 3.18. The molecule has 1 saturated heterocycles. The zero-order chi connectivity index (χ0) is 20.5. The van der Waals surface area contributed by atoms with Gasteiger partial charge in [0.05, 0.1) is 13.2 Å². The van der Waals surface area contributed by atoms with Crippen molar-refractivity contribution in [3.05, 3.63) is 54.1 Å². The molecule has 2 heterocycles. The number of hydrogen-bond donors (Lipinski definition) is 2. The third-order valence-corrected chi connectivity index (χ3v) is 5.42. The maximum atomic E-state index is 5.47. The van der Waals surface area contributed by atoms with E-state index in [-0.39, 0.29) is 5.54 Å². The molecule has 2 aromatic rings. The van der Waals surface area contributed by atoms with E-state index in [0.717, 1.165) is 64.1 Å². The van der Waals surface area contributed by atoms with E-state index in [1.807, 2.05) is 25.5 Å². The Labute approximate surface area is 174 Å². The van der Waals surface area contributed by atoms with Gasteiger partial charge in [0.2, 0.25) is 0 Å². The molecule has 3 rings (SSSR count). The van der Waals surface area contributed by atoms with Gasteiger partial charge in [0, 0.05) is 64.1 Å². The Bertz CT molecular complexity index is 765. The van der Waals surface area contributed by atoms with Crippen LogP contribution in [-0.2, 0) is 17.7 Å². The van der Waals surface area contributed by atoms with Crippen molar-refractivity contribution in [1.82, 2.24) is 25.1 Å². The second kappa shape index (κ2) is 10.4. The molecule has 1 aromatic carbocycles. The van der Waals surface area contributed by atoms with Crippen LogP contribution in [0, 0.1) is 0 Å². The summed E-state index contributed by atoms with van der Waals surface area (Å²) in [5.74, 6) is 1.90. The van der Waals surface area contributed by atoms with Gasteiger partial charge >= 0.3 is 0 Å². The first-order chi connectivity index (χ1) is 14.1. The van der Waals surface area contributed by atoms with Crippen LogP contribution < -0.4 is 10.6 Å². The molecule has 1 aliphatic heterocycles. The number of aliphatic imine (C=N–C) groups is 1. The number of benzene rings is 1. The van der Waals surface area contributed by atoms with E-state index >= 15 is 0 Å².